The Morgan fingerprint density at radius 1 is 1.50 bits per heavy atom. The van der Waals surface area contributed by atoms with Gasteiger partial charge in [-0.1, -0.05) is 22.9 Å². The van der Waals surface area contributed by atoms with Gasteiger partial charge in [0.1, 0.15) is 0 Å². The van der Waals surface area contributed by atoms with Gasteiger partial charge in [0.15, 0.2) is 0 Å². The SMILES string of the molecule is CCC(Br)C(=O)NC(C)CC(F)(F)F. The number of halogens is 4. The Labute approximate surface area is 89.4 Å². The number of hydrogen-bond donors (Lipinski definition) is 1. The molecule has 0 aromatic rings. The van der Waals surface area contributed by atoms with Gasteiger partial charge in [-0.2, -0.15) is 13.2 Å². The molecule has 0 radical (unpaired) electrons. The van der Waals surface area contributed by atoms with Crippen molar-refractivity contribution >= 4 is 21.8 Å². The van der Waals surface area contributed by atoms with Crippen molar-refractivity contribution in [3.05, 3.63) is 0 Å². The molecule has 0 aromatic carbocycles. The van der Waals surface area contributed by atoms with Crippen molar-refractivity contribution in [1.82, 2.24) is 5.32 Å². The van der Waals surface area contributed by atoms with Crippen molar-refractivity contribution in [2.75, 3.05) is 0 Å². The topological polar surface area (TPSA) is 29.1 Å². The molecule has 84 valence electrons. The first-order chi connectivity index (χ1) is 6.26. The maximum atomic E-state index is 11.9. The van der Waals surface area contributed by atoms with Crippen LogP contribution in [0.25, 0.3) is 0 Å². The average molecular weight is 276 g/mol. The molecule has 0 heterocycles. The normalized spacial score (nSPS) is 16.1. The summed E-state index contributed by atoms with van der Waals surface area (Å²) in [6.45, 7) is 3.11. The van der Waals surface area contributed by atoms with Gasteiger partial charge in [0, 0.05) is 6.04 Å². The molecule has 6 heteroatoms. The van der Waals surface area contributed by atoms with E-state index in [9.17, 15) is 18.0 Å². The van der Waals surface area contributed by atoms with Gasteiger partial charge in [-0.15, -0.1) is 0 Å². The smallest absolute Gasteiger partial charge is 0.352 e. The Bertz CT molecular complexity index is 196. The predicted octanol–water partition coefficient (Wildman–Crippen LogP) is 2.62. The summed E-state index contributed by atoms with van der Waals surface area (Å²) in [5.41, 5.74) is 0. The quantitative estimate of drug-likeness (QED) is 0.786. The zero-order chi connectivity index (χ0) is 11.4. The lowest BCUT2D eigenvalue weighted by molar-refractivity contribution is -0.141. The van der Waals surface area contributed by atoms with E-state index >= 15 is 0 Å². The maximum Gasteiger partial charge on any atom is 0.391 e. The molecular formula is C8H13BrF3NO. The van der Waals surface area contributed by atoms with Crippen molar-refractivity contribution in [3.8, 4) is 0 Å². The van der Waals surface area contributed by atoms with Gasteiger partial charge in [-0.05, 0) is 13.3 Å². The van der Waals surface area contributed by atoms with Crippen molar-refractivity contribution in [2.45, 2.75) is 43.7 Å². The van der Waals surface area contributed by atoms with Crippen LogP contribution in [0, 0.1) is 0 Å². The van der Waals surface area contributed by atoms with Crippen LogP contribution in [0.4, 0.5) is 13.2 Å². The standard InChI is InChI=1S/C8H13BrF3NO/c1-3-6(9)7(14)13-5(2)4-8(10,11)12/h5-6H,3-4H2,1-2H3,(H,13,14). The molecule has 0 aliphatic carbocycles. The van der Waals surface area contributed by atoms with Crippen molar-refractivity contribution in [3.63, 3.8) is 0 Å². The van der Waals surface area contributed by atoms with Crippen LogP contribution in [0.15, 0.2) is 0 Å². The number of rotatable bonds is 4. The Morgan fingerprint density at radius 3 is 2.36 bits per heavy atom. The van der Waals surface area contributed by atoms with Crippen LogP contribution >= 0.6 is 15.9 Å². The van der Waals surface area contributed by atoms with Crippen LogP contribution in [-0.2, 0) is 4.79 Å². The fourth-order valence-corrected chi connectivity index (χ4v) is 1.05. The van der Waals surface area contributed by atoms with E-state index in [4.69, 9.17) is 0 Å². The van der Waals surface area contributed by atoms with Gasteiger partial charge in [0.05, 0.1) is 11.2 Å². The molecule has 2 unspecified atom stereocenters. The van der Waals surface area contributed by atoms with Crippen LogP contribution in [0.1, 0.15) is 26.7 Å². The third-order valence-electron chi connectivity index (χ3n) is 1.57. The maximum absolute atomic E-state index is 11.9. The second-order valence-corrected chi connectivity index (χ2v) is 4.21. The zero-order valence-electron chi connectivity index (χ0n) is 7.99. The van der Waals surface area contributed by atoms with Crippen molar-refractivity contribution in [1.29, 1.82) is 0 Å². The second-order valence-electron chi connectivity index (χ2n) is 3.10. The minimum Gasteiger partial charge on any atom is -0.352 e. The first-order valence-corrected chi connectivity index (χ1v) is 5.19. The highest BCUT2D eigenvalue weighted by molar-refractivity contribution is 9.10. The fourth-order valence-electron chi connectivity index (χ4n) is 0.917. The molecule has 0 saturated heterocycles. The number of nitrogens with one attached hydrogen (secondary N) is 1. The summed E-state index contributed by atoms with van der Waals surface area (Å²) in [6, 6.07) is -0.880. The first-order valence-electron chi connectivity index (χ1n) is 4.27. The summed E-state index contributed by atoms with van der Waals surface area (Å²) in [6.07, 6.45) is -4.69. The van der Waals surface area contributed by atoms with Gasteiger partial charge in [0.25, 0.3) is 0 Å². The Hall–Kier alpha value is -0.260. The molecule has 0 saturated carbocycles. The summed E-state index contributed by atoms with van der Waals surface area (Å²) in [5.74, 6) is -0.399. The third-order valence-corrected chi connectivity index (χ3v) is 2.63. The van der Waals surface area contributed by atoms with Crippen LogP contribution in [0.3, 0.4) is 0 Å². The predicted molar refractivity (Wildman–Crippen MR) is 51.3 cm³/mol. The van der Waals surface area contributed by atoms with Gasteiger partial charge >= 0.3 is 6.18 Å². The second kappa shape index (κ2) is 5.58. The third kappa shape index (κ3) is 6.23. The van der Waals surface area contributed by atoms with Gasteiger partial charge in [-0.3, -0.25) is 4.79 Å². The van der Waals surface area contributed by atoms with Gasteiger partial charge in [-0.25, -0.2) is 0 Å². The summed E-state index contributed by atoms with van der Waals surface area (Å²) in [5, 5.41) is 2.28. The number of alkyl halides is 4. The largest absolute Gasteiger partial charge is 0.391 e. The summed E-state index contributed by atoms with van der Waals surface area (Å²) >= 11 is 3.06. The molecule has 0 spiro atoms. The Morgan fingerprint density at radius 2 is 2.00 bits per heavy atom. The molecule has 0 aliphatic heterocycles. The van der Waals surface area contributed by atoms with Crippen LogP contribution in [0.2, 0.25) is 0 Å². The number of carbonyl (C=O) groups is 1. The molecule has 2 nitrogen and oxygen atoms in total. The molecule has 0 aromatic heterocycles. The molecular weight excluding hydrogens is 263 g/mol. The summed E-state index contributed by atoms with van der Waals surface area (Å²) in [7, 11) is 0. The molecule has 1 N–H and O–H groups in total. The van der Waals surface area contributed by atoms with E-state index in [1.165, 1.54) is 6.92 Å². The average Bonchev–Trinajstić information content (AvgIpc) is 1.99. The minimum atomic E-state index is -4.24. The summed E-state index contributed by atoms with van der Waals surface area (Å²) in [4.78, 5) is 10.7. The lowest BCUT2D eigenvalue weighted by Crippen LogP contribution is -2.39. The number of amides is 1. The molecule has 2 atom stereocenters. The van der Waals surface area contributed by atoms with Crippen LogP contribution in [-0.4, -0.2) is 23.0 Å². The van der Waals surface area contributed by atoms with Crippen molar-refractivity contribution < 1.29 is 18.0 Å². The lowest BCUT2D eigenvalue weighted by atomic mass is 10.2. The van der Waals surface area contributed by atoms with E-state index in [1.807, 2.05) is 0 Å². The molecule has 0 rings (SSSR count). The van der Waals surface area contributed by atoms with E-state index in [1.54, 1.807) is 6.92 Å². The van der Waals surface area contributed by atoms with E-state index in [0.717, 1.165) is 0 Å². The minimum absolute atomic E-state index is 0.399. The number of carbonyl (C=O) groups excluding carboxylic acids is 1. The highest BCUT2D eigenvalue weighted by Gasteiger charge is 2.31. The van der Waals surface area contributed by atoms with Crippen molar-refractivity contribution in [2.24, 2.45) is 0 Å². The molecule has 1 amide bonds. The molecule has 14 heavy (non-hydrogen) atoms. The molecule has 0 aliphatic rings. The Balaban J connectivity index is 3.95. The first kappa shape index (κ1) is 13.7. The molecule has 0 bridgehead atoms. The van der Waals surface area contributed by atoms with E-state index < -0.39 is 29.4 Å². The fraction of sp³-hybridized carbons (Fsp3) is 0.875. The zero-order valence-corrected chi connectivity index (χ0v) is 9.58. The number of hydrogen-bond acceptors (Lipinski definition) is 1. The summed E-state index contributed by atoms with van der Waals surface area (Å²) < 4.78 is 35.6. The highest BCUT2D eigenvalue weighted by Crippen LogP contribution is 2.21. The Kier molecular flexibility index (Phi) is 5.48. The van der Waals surface area contributed by atoms with E-state index in [0.29, 0.717) is 6.42 Å². The highest BCUT2D eigenvalue weighted by atomic mass is 79.9. The van der Waals surface area contributed by atoms with E-state index in [-0.39, 0.29) is 0 Å². The van der Waals surface area contributed by atoms with Crippen LogP contribution < -0.4 is 5.32 Å². The van der Waals surface area contributed by atoms with Crippen LogP contribution in [0.5, 0.6) is 0 Å². The van der Waals surface area contributed by atoms with E-state index in [2.05, 4.69) is 21.2 Å². The monoisotopic (exact) mass is 275 g/mol. The molecule has 0 fully saturated rings. The van der Waals surface area contributed by atoms with Gasteiger partial charge in [0.2, 0.25) is 5.91 Å². The van der Waals surface area contributed by atoms with Gasteiger partial charge < -0.3 is 5.32 Å². The lowest BCUT2D eigenvalue weighted by Gasteiger charge is -2.17.